The van der Waals surface area contributed by atoms with E-state index in [0.717, 1.165) is 13.0 Å². The quantitative estimate of drug-likeness (QED) is 0.190. The molecule has 0 bridgehead atoms. The Morgan fingerprint density at radius 2 is 0.846 bits per heavy atom. The molecule has 270 valence electrons. The van der Waals surface area contributed by atoms with E-state index in [4.69, 9.17) is 0 Å². The smallest absolute Gasteiger partial charge is 0.0400 e. The monoisotopic (exact) mass is 687 g/mol. The summed E-state index contributed by atoms with van der Waals surface area (Å²) in [7, 11) is 0. The van der Waals surface area contributed by atoms with Crippen LogP contribution in [0.1, 0.15) is 68.0 Å². The van der Waals surface area contributed by atoms with Gasteiger partial charge in [-0.3, -0.25) is 0 Å². The van der Waals surface area contributed by atoms with E-state index in [1.165, 1.54) is 61.0 Å². The lowest BCUT2D eigenvalue weighted by Crippen LogP contribution is -2.00. The zero-order valence-electron chi connectivity index (χ0n) is 33.2. The third kappa shape index (κ3) is 15.7. The highest BCUT2D eigenvalue weighted by atomic mass is 14.9. The lowest BCUT2D eigenvalue weighted by atomic mass is 10.0. The predicted octanol–water partition coefficient (Wildman–Crippen LogP) is 15.0. The molecule has 0 unspecified atom stereocenters. The van der Waals surface area contributed by atoms with Crippen LogP contribution in [0, 0.1) is 27.7 Å². The minimum Gasteiger partial charge on any atom is -0.381 e. The normalized spacial score (nSPS) is 9.40. The molecule has 1 heteroatoms. The maximum Gasteiger partial charge on any atom is 0.0400 e. The average Bonchev–Trinajstić information content (AvgIpc) is 3.21. The van der Waals surface area contributed by atoms with Crippen molar-refractivity contribution in [2.45, 2.75) is 75.3 Å². The standard InChI is InChI=1S/C14H15N.C14H14.C12H12.C7H8.2C2H6/c1-12-7-5-6-10-14(12)15-11-13-8-3-2-4-9-13;1-11-3-7-13(8-4-11)14-9-5-12(2)6-10-14;1-2-10-7-5-8-11-6-3-4-9-12(10)11;1-7-5-3-2-4-6-7;2*1-2/h2-10,15H,11H2,1H3;3-10H,1-2H3;3-9H,2H2,1H3;2-6H,1H3;2*1-2H3. The van der Waals surface area contributed by atoms with Crippen LogP contribution < -0.4 is 5.32 Å². The van der Waals surface area contributed by atoms with E-state index in [1.807, 2.05) is 52.0 Å². The Kier molecular flexibility index (Phi) is 21.0. The zero-order chi connectivity index (χ0) is 38.0. The Morgan fingerprint density at radius 1 is 0.404 bits per heavy atom. The van der Waals surface area contributed by atoms with Crippen LogP contribution in [0.3, 0.4) is 0 Å². The summed E-state index contributed by atoms with van der Waals surface area (Å²) in [5, 5.41) is 6.16. The van der Waals surface area contributed by atoms with Gasteiger partial charge in [-0.15, -0.1) is 0 Å². The van der Waals surface area contributed by atoms with Gasteiger partial charge in [-0.2, -0.15) is 0 Å². The van der Waals surface area contributed by atoms with Gasteiger partial charge in [0, 0.05) is 12.2 Å². The van der Waals surface area contributed by atoms with Gasteiger partial charge in [-0.1, -0.05) is 221 Å². The van der Waals surface area contributed by atoms with Crippen molar-refractivity contribution in [2.75, 3.05) is 5.32 Å². The van der Waals surface area contributed by atoms with Gasteiger partial charge in [-0.05, 0) is 78.8 Å². The fourth-order valence-corrected chi connectivity index (χ4v) is 5.19. The van der Waals surface area contributed by atoms with Crippen molar-refractivity contribution in [1.82, 2.24) is 0 Å². The van der Waals surface area contributed by atoms with Crippen LogP contribution in [-0.2, 0) is 13.0 Å². The van der Waals surface area contributed by atoms with Gasteiger partial charge in [-0.25, -0.2) is 0 Å². The van der Waals surface area contributed by atoms with E-state index in [9.17, 15) is 0 Å². The second kappa shape index (κ2) is 25.5. The Morgan fingerprint density at radius 3 is 1.35 bits per heavy atom. The first kappa shape index (κ1) is 42.8. The summed E-state index contributed by atoms with van der Waals surface area (Å²) in [4.78, 5) is 0. The van der Waals surface area contributed by atoms with Crippen LogP contribution in [0.25, 0.3) is 21.9 Å². The Hall–Kier alpha value is -5.40. The van der Waals surface area contributed by atoms with Crippen LogP contribution in [0.4, 0.5) is 5.69 Å². The zero-order valence-corrected chi connectivity index (χ0v) is 33.2. The van der Waals surface area contributed by atoms with Crippen molar-refractivity contribution in [3.05, 3.63) is 209 Å². The van der Waals surface area contributed by atoms with E-state index in [1.54, 1.807) is 0 Å². The summed E-state index contributed by atoms with van der Waals surface area (Å²) in [5.41, 5.74) is 11.7. The average molecular weight is 688 g/mol. The van der Waals surface area contributed by atoms with Crippen molar-refractivity contribution in [3.8, 4) is 11.1 Å². The minimum absolute atomic E-state index is 0.881. The third-order valence-electron chi connectivity index (χ3n) is 8.11. The van der Waals surface area contributed by atoms with Crippen LogP contribution in [0.15, 0.2) is 176 Å². The van der Waals surface area contributed by atoms with Crippen molar-refractivity contribution in [2.24, 2.45) is 0 Å². The lowest BCUT2D eigenvalue weighted by molar-refractivity contribution is 1.14. The number of benzene rings is 7. The maximum atomic E-state index is 3.43. The molecule has 0 atom stereocenters. The molecule has 0 amide bonds. The lowest BCUT2D eigenvalue weighted by Gasteiger charge is -2.08. The highest BCUT2D eigenvalue weighted by molar-refractivity contribution is 5.85. The number of anilines is 1. The summed E-state index contributed by atoms with van der Waals surface area (Å²) in [6.07, 6.45) is 1.11. The van der Waals surface area contributed by atoms with Crippen LogP contribution in [-0.4, -0.2) is 0 Å². The topological polar surface area (TPSA) is 12.0 Å². The molecule has 7 aromatic carbocycles. The van der Waals surface area contributed by atoms with Gasteiger partial charge in [0.2, 0.25) is 0 Å². The minimum atomic E-state index is 0.881. The van der Waals surface area contributed by atoms with E-state index in [0.29, 0.717) is 0 Å². The maximum absolute atomic E-state index is 3.43. The molecule has 1 nitrogen and oxygen atoms in total. The van der Waals surface area contributed by atoms with Gasteiger partial charge >= 0.3 is 0 Å². The van der Waals surface area contributed by atoms with Crippen LogP contribution >= 0.6 is 0 Å². The highest BCUT2D eigenvalue weighted by Crippen LogP contribution is 2.20. The summed E-state index contributed by atoms with van der Waals surface area (Å²) < 4.78 is 0. The van der Waals surface area contributed by atoms with E-state index >= 15 is 0 Å². The molecule has 0 aromatic heterocycles. The Labute approximate surface area is 316 Å². The molecule has 7 rings (SSSR count). The number of hydrogen-bond acceptors (Lipinski definition) is 1. The van der Waals surface area contributed by atoms with Gasteiger partial charge in [0.05, 0.1) is 0 Å². The molecule has 7 aromatic rings. The first-order valence-corrected chi connectivity index (χ1v) is 18.9. The molecule has 52 heavy (non-hydrogen) atoms. The van der Waals surface area contributed by atoms with E-state index in [-0.39, 0.29) is 0 Å². The number of nitrogens with one attached hydrogen (secondary N) is 1. The van der Waals surface area contributed by atoms with E-state index < -0.39 is 0 Å². The third-order valence-corrected chi connectivity index (χ3v) is 8.11. The number of fused-ring (bicyclic) bond motifs is 1. The van der Waals surface area contributed by atoms with Gasteiger partial charge in [0.25, 0.3) is 0 Å². The van der Waals surface area contributed by atoms with Crippen LogP contribution in [0.5, 0.6) is 0 Å². The molecule has 0 aliphatic rings. The highest BCUT2D eigenvalue weighted by Gasteiger charge is 1.97. The summed E-state index contributed by atoms with van der Waals surface area (Å²) in [6.45, 7) is 19.5. The van der Waals surface area contributed by atoms with Gasteiger partial charge in [0.15, 0.2) is 0 Å². The summed E-state index contributed by atoms with van der Waals surface area (Å²) >= 11 is 0. The first-order valence-electron chi connectivity index (χ1n) is 18.9. The number of para-hydroxylation sites is 1. The van der Waals surface area contributed by atoms with Crippen molar-refractivity contribution in [3.63, 3.8) is 0 Å². The molecule has 1 N–H and O–H groups in total. The Balaban J connectivity index is 0.000000238. The van der Waals surface area contributed by atoms with Crippen LogP contribution in [0.2, 0.25) is 0 Å². The van der Waals surface area contributed by atoms with Gasteiger partial charge < -0.3 is 5.32 Å². The second-order valence-electron chi connectivity index (χ2n) is 12.0. The van der Waals surface area contributed by atoms with Gasteiger partial charge in [0.1, 0.15) is 0 Å². The Bertz CT molecular complexity index is 1860. The molecule has 0 aliphatic heterocycles. The molecule has 0 fully saturated rings. The fourth-order valence-electron chi connectivity index (χ4n) is 5.19. The molecule has 0 aliphatic carbocycles. The molecule has 0 spiro atoms. The van der Waals surface area contributed by atoms with Crippen molar-refractivity contribution in [1.29, 1.82) is 0 Å². The molecular formula is C51H61N. The summed E-state index contributed by atoms with van der Waals surface area (Å²) in [5.74, 6) is 0. The number of rotatable bonds is 5. The number of hydrogen-bond donors (Lipinski definition) is 1. The second-order valence-corrected chi connectivity index (χ2v) is 12.0. The molecular weight excluding hydrogens is 627 g/mol. The molecule has 0 heterocycles. The fraction of sp³-hybridized carbons (Fsp3) is 0.216. The van der Waals surface area contributed by atoms with Crippen molar-refractivity contribution >= 4 is 16.5 Å². The molecule has 0 radical (unpaired) electrons. The summed E-state index contributed by atoms with van der Waals surface area (Å²) in [6, 6.07) is 61.3. The predicted molar refractivity (Wildman–Crippen MR) is 234 cm³/mol. The van der Waals surface area contributed by atoms with Crippen molar-refractivity contribution < 1.29 is 0 Å². The largest absolute Gasteiger partial charge is 0.381 e. The molecule has 0 saturated heterocycles. The first-order chi connectivity index (χ1) is 25.4. The van der Waals surface area contributed by atoms with E-state index in [2.05, 4.69) is 192 Å². The SMILES string of the molecule is CC.CC.CCc1cccc2ccccc12.Cc1ccc(-c2ccc(C)cc2)cc1.Cc1ccccc1.Cc1ccccc1NCc1ccccc1. The number of aryl methyl sites for hydroxylation is 5. The molecule has 0 saturated carbocycles.